The van der Waals surface area contributed by atoms with Gasteiger partial charge in [-0.15, -0.1) is 0 Å². The molecule has 0 aliphatic rings. The molecule has 2 aromatic rings. The molecule has 1 atom stereocenters. The van der Waals surface area contributed by atoms with Gasteiger partial charge in [0.15, 0.2) is 0 Å². The molecule has 0 saturated heterocycles. The van der Waals surface area contributed by atoms with Gasteiger partial charge in [0.25, 0.3) is 0 Å². The second-order valence-corrected chi connectivity index (χ2v) is 5.88. The zero-order chi connectivity index (χ0) is 14.5. The van der Waals surface area contributed by atoms with E-state index in [4.69, 9.17) is 5.73 Å². The Hall–Kier alpha value is -1.39. The Morgan fingerprint density at radius 2 is 1.95 bits per heavy atom. The lowest BCUT2D eigenvalue weighted by molar-refractivity contribution is 0.815. The van der Waals surface area contributed by atoms with Gasteiger partial charge in [-0.3, -0.25) is 4.98 Å². The molecule has 20 heavy (non-hydrogen) atoms. The minimum absolute atomic E-state index is 0.0578. The average Bonchev–Trinajstić information content (AvgIpc) is 2.45. The quantitative estimate of drug-likeness (QED) is 0.909. The van der Waals surface area contributed by atoms with Crippen molar-refractivity contribution in [3.63, 3.8) is 0 Å². The van der Waals surface area contributed by atoms with E-state index in [0.29, 0.717) is 0 Å². The molecule has 0 spiro atoms. The third-order valence-electron chi connectivity index (χ3n) is 3.39. The summed E-state index contributed by atoms with van der Waals surface area (Å²) in [4.78, 5) is 6.28. The molecule has 0 unspecified atom stereocenters. The van der Waals surface area contributed by atoms with Crippen LogP contribution in [0.15, 0.2) is 47.2 Å². The minimum atomic E-state index is 0.0578. The van der Waals surface area contributed by atoms with Gasteiger partial charge >= 0.3 is 0 Å². The minimum Gasteiger partial charge on any atom is -0.373 e. The zero-order valence-electron chi connectivity index (χ0n) is 11.9. The molecule has 0 fully saturated rings. The van der Waals surface area contributed by atoms with Crippen LogP contribution in [-0.2, 0) is 6.42 Å². The van der Waals surface area contributed by atoms with Gasteiger partial charge in [0, 0.05) is 36.5 Å². The number of nitrogens with zero attached hydrogens (tertiary/aromatic N) is 2. The molecule has 1 aromatic carbocycles. The van der Waals surface area contributed by atoms with E-state index in [0.717, 1.165) is 23.0 Å². The lowest BCUT2D eigenvalue weighted by atomic mass is 10.1. The molecule has 106 valence electrons. The summed E-state index contributed by atoms with van der Waals surface area (Å²) < 4.78 is 1.09. The molecule has 0 aliphatic heterocycles. The van der Waals surface area contributed by atoms with Gasteiger partial charge in [0.2, 0.25) is 0 Å². The molecule has 0 bridgehead atoms. The summed E-state index contributed by atoms with van der Waals surface area (Å²) in [5, 5.41) is 0. The average molecular weight is 334 g/mol. The molecule has 0 amide bonds. The maximum absolute atomic E-state index is 5.90. The predicted molar refractivity (Wildman–Crippen MR) is 88.0 cm³/mol. The molecule has 0 radical (unpaired) electrons. The topological polar surface area (TPSA) is 42.1 Å². The van der Waals surface area contributed by atoms with Crippen LogP contribution >= 0.6 is 15.9 Å². The van der Waals surface area contributed by atoms with Gasteiger partial charge < -0.3 is 10.6 Å². The Balaban J connectivity index is 2.04. The molecule has 4 heteroatoms. The molecule has 0 saturated carbocycles. The largest absolute Gasteiger partial charge is 0.373 e. The Labute approximate surface area is 129 Å². The van der Waals surface area contributed by atoms with Gasteiger partial charge in [0.05, 0.1) is 5.69 Å². The highest BCUT2D eigenvalue weighted by atomic mass is 79.9. The number of rotatable bonds is 5. The van der Waals surface area contributed by atoms with Crippen molar-refractivity contribution in [1.82, 2.24) is 4.98 Å². The fraction of sp³-hybridized carbons (Fsp3) is 0.312. The summed E-state index contributed by atoms with van der Waals surface area (Å²) in [5.41, 5.74) is 9.53. The molecule has 2 rings (SSSR count). The highest BCUT2D eigenvalue weighted by molar-refractivity contribution is 9.10. The van der Waals surface area contributed by atoms with Crippen molar-refractivity contribution in [2.24, 2.45) is 5.73 Å². The number of nitrogens with two attached hydrogens (primary N) is 1. The highest BCUT2D eigenvalue weighted by Crippen LogP contribution is 2.28. The van der Waals surface area contributed by atoms with Crippen LogP contribution in [0.4, 0.5) is 5.69 Å². The van der Waals surface area contributed by atoms with Gasteiger partial charge in [-0.2, -0.15) is 0 Å². The summed E-state index contributed by atoms with van der Waals surface area (Å²) in [6.45, 7) is 2.95. The normalized spacial score (nSPS) is 12.2. The Morgan fingerprint density at radius 3 is 2.55 bits per heavy atom. The Morgan fingerprint density at radius 1 is 1.25 bits per heavy atom. The van der Waals surface area contributed by atoms with Crippen molar-refractivity contribution >= 4 is 21.6 Å². The summed E-state index contributed by atoms with van der Waals surface area (Å²) >= 11 is 3.64. The van der Waals surface area contributed by atoms with Crippen LogP contribution in [0.3, 0.4) is 0 Å². The number of benzene rings is 1. The summed E-state index contributed by atoms with van der Waals surface area (Å²) in [5.74, 6) is 0. The van der Waals surface area contributed by atoms with Gasteiger partial charge in [-0.05, 0) is 64.7 Å². The van der Waals surface area contributed by atoms with Gasteiger partial charge in [-0.1, -0.05) is 6.07 Å². The van der Waals surface area contributed by atoms with Crippen LogP contribution in [-0.4, -0.2) is 18.6 Å². The van der Waals surface area contributed by atoms with Crippen LogP contribution < -0.4 is 10.6 Å². The first-order valence-electron chi connectivity index (χ1n) is 6.73. The summed E-state index contributed by atoms with van der Waals surface area (Å²) in [7, 11) is 2.10. The fourth-order valence-electron chi connectivity index (χ4n) is 2.08. The monoisotopic (exact) mass is 333 g/mol. The van der Waals surface area contributed by atoms with E-state index in [9.17, 15) is 0 Å². The van der Waals surface area contributed by atoms with Crippen LogP contribution in [0, 0.1) is 0 Å². The molecule has 2 N–H and O–H groups in total. The second-order valence-electron chi connectivity index (χ2n) is 5.03. The Bertz CT molecular complexity index is 555. The van der Waals surface area contributed by atoms with E-state index < -0.39 is 0 Å². The van der Waals surface area contributed by atoms with E-state index >= 15 is 0 Å². The summed E-state index contributed by atoms with van der Waals surface area (Å²) in [6.07, 6.45) is 4.67. The highest BCUT2D eigenvalue weighted by Gasteiger charge is 2.08. The molecular formula is C16H20BrN3. The number of hydrogen-bond donors (Lipinski definition) is 1. The van der Waals surface area contributed by atoms with Gasteiger partial charge in [0.1, 0.15) is 0 Å². The first-order chi connectivity index (χ1) is 9.58. The van der Waals surface area contributed by atoms with Crippen LogP contribution in [0.5, 0.6) is 0 Å². The lowest BCUT2D eigenvalue weighted by Crippen LogP contribution is -2.21. The van der Waals surface area contributed by atoms with Crippen LogP contribution in [0.1, 0.15) is 24.1 Å². The first kappa shape index (κ1) is 15.0. The predicted octanol–water partition coefficient (Wildman–Crippen LogP) is 3.54. The first-order valence-corrected chi connectivity index (χ1v) is 7.52. The standard InChI is InChI=1S/C16H20BrN3/c1-12(18)14-3-4-16(15(17)11-14)20(2)10-7-13-5-8-19-9-6-13/h3-6,8-9,11-12H,7,10,18H2,1-2H3/t12-/m1/s1. The van der Waals surface area contributed by atoms with Crippen molar-refractivity contribution in [2.75, 3.05) is 18.5 Å². The SMILES string of the molecule is C[C@@H](N)c1ccc(N(C)CCc2ccncc2)c(Br)c1. The lowest BCUT2D eigenvalue weighted by Gasteiger charge is -2.21. The van der Waals surface area contributed by atoms with Crippen molar-refractivity contribution in [2.45, 2.75) is 19.4 Å². The molecule has 1 aromatic heterocycles. The Kier molecular flexibility index (Phi) is 5.15. The number of hydrogen-bond acceptors (Lipinski definition) is 3. The smallest absolute Gasteiger partial charge is 0.0508 e. The third kappa shape index (κ3) is 3.81. The van der Waals surface area contributed by atoms with Crippen LogP contribution in [0.25, 0.3) is 0 Å². The zero-order valence-corrected chi connectivity index (χ0v) is 13.5. The number of halogens is 1. The molecule has 0 aliphatic carbocycles. The molecular weight excluding hydrogens is 314 g/mol. The fourth-order valence-corrected chi connectivity index (χ4v) is 2.78. The van der Waals surface area contributed by atoms with Crippen LogP contribution in [0.2, 0.25) is 0 Å². The van der Waals surface area contributed by atoms with E-state index in [1.165, 1.54) is 11.3 Å². The van der Waals surface area contributed by atoms with E-state index in [1.807, 2.05) is 19.3 Å². The third-order valence-corrected chi connectivity index (χ3v) is 4.03. The maximum atomic E-state index is 5.90. The maximum Gasteiger partial charge on any atom is 0.0508 e. The van der Waals surface area contributed by atoms with E-state index in [-0.39, 0.29) is 6.04 Å². The second kappa shape index (κ2) is 6.86. The molecule has 1 heterocycles. The van der Waals surface area contributed by atoms with E-state index in [1.54, 1.807) is 0 Å². The van der Waals surface area contributed by atoms with Crippen molar-refractivity contribution in [1.29, 1.82) is 0 Å². The number of aromatic nitrogens is 1. The number of pyridine rings is 1. The number of likely N-dealkylation sites (N-methyl/N-ethyl adjacent to an activating group) is 1. The number of anilines is 1. The van der Waals surface area contributed by atoms with Crippen molar-refractivity contribution < 1.29 is 0 Å². The van der Waals surface area contributed by atoms with Crippen molar-refractivity contribution in [3.05, 3.63) is 58.3 Å². The summed E-state index contributed by atoms with van der Waals surface area (Å²) in [6, 6.07) is 10.5. The van der Waals surface area contributed by atoms with Gasteiger partial charge in [-0.25, -0.2) is 0 Å². The molecule has 3 nitrogen and oxygen atoms in total. The van der Waals surface area contributed by atoms with E-state index in [2.05, 4.69) is 63.2 Å². The van der Waals surface area contributed by atoms with Crippen molar-refractivity contribution in [3.8, 4) is 0 Å².